The third-order valence-electron chi connectivity index (χ3n) is 4.69. The summed E-state index contributed by atoms with van der Waals surface area (Å²) in [7, 11) is 1.44. The summed E-state index contributed by atoms with van der Waals surface area (Å²) in [6.45, 7) is 2.09. The molecule has 0 aromatic rings. The molecule has 2 fully saturated rings. The zero-order chi connectivity index (χ0) is 18.2. The summed E-state index contributed by atoms with van der Waals surface area (Å²) in [5.41, 5.74) is 0. The average Bonchev–Trinajstić information content (AvgIpc) is 2.60. The van der Waals surface area contributed by atoms with Crippen molar-refractivity contribution in [3.63, 3.8) is 0 Å². The number of carbonyl (C=O) groups excluding carboxylic acids is 1. The van der Waals surface area contributed by atoms with E-state index in [1.54, 1.807) is 0 Å². The maximum Gasteiger partial charge on any atom is 1.00 e. The monoisotopic (exact) mass is 383 g/mol. The maximum atomic E-state index is 10.7. The molecular formula is C17H30NNaO7. The van der Waals surface area contributed by atoms with Crippen molar-refractivity contribution >= 4 is 5.97 Å². The molecule has 2 heterocycles. The van der Waals surface area contributed by atoms with E-state index in [9.17, 15) is 15.0 Å². The minimum atomic E-state index is -1.26. The fourth-order valence-electron chi connectivity index (χ4n) is 3.32. The first-order chi connectivity index (χ1) is 12.1. The Morgan fingerprint density at radius 1 is 1.27 bits per heavy atom. The van der Waals surface area contributed by atoms with Gasteiger partial charge in [-0.15, -0.1) is 0 Å². The van der Waals surface area contributed by atoms with Gasteiger partial charge in [0.1, 0.15) is 18.3 Å². The van der Waals surface area contributed by atoms with Crippen LogP contribution in [0, 0.1) is 0 Å². The number of carbonyl (C=O) groups is 1. The van der Waals surface area contributed by atoms with Gasteiger partial charge in [-0.25, -0.2) is 0 Å². The van der Waals surface area contributed by atoms with E-state index in [0.29, 0.717) is 6.61 Å². The maximum absolute atomic E-state index is 10.7. The van der Waals surface area contributed by atoms with Crippen molar-refractivity contribution < 1.29 is 63.5 Å². The van der Waals surface area contributed by atoms with Crippen molar-refractivity contribution in [2.24, 2.45) is 0 Å². The van der Waals surface area contributed by atoms with E-state index in [1.165, 1.54) is 26.4 Å². The molecule has 0 bridgehead atoms. The smallest absolute Gasteiger partial charge is 0.549 e. The summed E-state index contributed by atoms with van der Waals surface area (Å²) in [5.74, 6) is -1.26. The van der Waals surface area contributed by atoms with E-state index in [-0.39, 0.29) is 35.8 Å². The molecule has 2 saturated heterocycles. The summed E-state index contributed by atoms with van der Waals surface area (Å²) in [6, 6.07) is -0.715. The van der Waals surface area contributed by atoms with E-state index < -0.39 is 43.2 Å². The van der Waals surface area contributed by atoms with Gasteiger partial charge in [0.05, 0.1) is 18.6 Å². The van der Waals surface area contributed by atoms with Crippen LogP contribution in [0.4, 0.5) is 0 Å². The van der Waals surface area contributed by atoms with Crippen molar-refractivity contribution in [2.75, 3.05) is 20.3 Å². The number of fused-ring (bicyclic) bond motifs is 1. The Hall–Kier alpha value is 0.230. The fraction of sp³-hybridized carbons (Fsp3) is 0.941. The third kappa shape index (κ3) is 7.00. The van der Waals surface area contributed by atoms with Crippen molar-refractivity contribution in [1.82, 2.24) is 5.32 Å². The van der Waals surface area contributed by atoms with E-state index >= 15 is 0 Å². The summed E-state index contributed by atoms with van der Waals surface area (Å²) in [4.78, 5) is 10.7. The van der Waals surface area contributed by atoms with E-state index in [1.807, 2.05) is 0 Å². The Kier molecular flexibility index (Phi) is 11.8. The Morgan fingerprint density at radius 2 is 2.00 bits per heavy atom. The second-order valence-corrected chi connectivity index (χ2v) is 6.61. The van der Waals surface area contributed by atoms with Crippen LogP contribution in [0.25, 0.3) is 0 Å². The molecule has 0 aromatic carbocycles. The molecule has 2 aliphatic heterocycles. The van der Waals surface area contributed by atoms with Crippen LogP contribution in [0.2, 0.25) is 0 Å². The quantitative estimate of drug-likeness (QED) is 0.296. The van der Waals surface area contributed by atoms with Crippen molar-refractivity contribution in [1.29, 1.82) is 0 Å². The number of ether oxygens (including phenoxy) is 4. The second kappa shape index (κ2) is 12.6. The molecule has 1 unspecified atom stereocenters. The van der Waals surface area contributed by atoms with E-state index in [4.69, 9.17) is 18.9 Å². The van der Waals surface area contributed by atoms with Crippen molar-refractivity contribution in [3.05, 3.63) is 0 Å². The molecule has 0 aromatic heterocycles. The van der Waals surface area contributed by atoms with Gasteiger partial charge in [0.25, 0.3) is 0 Å². The van der Waals surface area contributed by atoms with Crippen LogP contribution in [0.5, 0.6) is 0 Å². The Bertz CT molecular complexity index is 413. The van der Waals surface area contributed by atoms with Crippen LogP contribution in [0.15, 0.2) is 0 Å². The Balaban J connectivity index is 0.00000338. The predicted molar refractivity (Wildman–Crippen MR) is 86.5 cm³/mol. The molecule has 0 saturated carbocycles. The predicted octanol–water partition coefficient (Wildman–Crippen LogP) is -3.47. The molecule has 2 rings (SSSR count). The molecule has 0 amide bonds. The van der Waals surface area contributed by atoms with Gasteiger partial charge >= 0.3 is 29.6 Å². The molecular weight excluding hydrogens is 353 g/mol. The van der Waals surface area contributed by atoms with Gasteiger partial charge in [-0.1, -0.05) is 32.6 Å². The SMILES string of the molecule is CCCCCCCC1OC[C@H]2O[C@H](OC)[C@H](NCC(=O)[O-])[C@@H](O)[C@@H]2O1.[Na+]. The number of aliphatic carboxylic acids is 1. The number of unbranched alkanes of at least 4 members (excludes halogenated alkanes) is 4. The number of carboxylic acids is 1. The minimum absolute atomic E-state index is 0. The Labute approximate surface area is 177 Å². The number of aliphatic hydroxyl groups is 1. The molecule has 6 atom stereocenters. The Morgan fingerprint density at radius 3 is 2.65 bits per heavy atom. The number of nitrogens with one attached hydrogen (secondary N) is 1. The second-order valence-electron chi connectivity index (χ2n) is 6.61. The zero-order valence-corrected chi connectivity index (χ0v) is 18.0. The summed E-state index contributed by atoms with van der Waals surface area (Å²) < 4.78 is 22.5. The first-order valence-corrected chi connectivity index (χ1v) is 9.13. The molecule has 0 radical (unpaired) electrons. The van der Waals surface area contributed by atoms with Gasteiger partial charge < -0.3 is 39.3 Å². The first-order valence-electron chi connectivity index (χ1n) is 9.13. The van der Waals surface area contributed by atoms with Gasteiger partial charge in [0.2, 0.25) is 0 Å². The number of hydrogen-bond donors (Lipinski definition) is 2. The molecule has 0 aliphatic carbocycles. The molecule has 8 nitrogen and oxygen atoms in total. The van der Waals surface area contributed by atoms with Crippen LogP contribution in [0.3, 0.4) is 0 Å². The van der Waals surface area contributed by atoms with E-state index in [2.05, 4.69) is 12.2 Å². The normalized spacial score (nSPS) is 34.0. The topological polar surface area (TPSA) is 109 Å². The van der Waals surface area contributed by atoms with Crippen molar-refractivity contribution in [2.45, 2.75) is 82.4 Å². The van der Waals surface area contributed by atoms with Crippen LogP contribution in [0.1, 0.15) is 45.4 Å². The summed E-state index contributed by atoms with van der Waals surface area (Å²) in [5, 5.41) is 24.0. The van der Waals surface area contributed by atoms with Crippen LogP contribution in [-0.4, -0.2) is 68.3 Å². The van der Waals surface area contributed by atoms with Gasteiger partial charge in [-0.3, -0.25) is 0 Å². The van der Waals surface area contributed by atoms with Gasteiger partial charge in [-0.2, -0.15) is 0 Å². The largest absolute Gasteiger partial charge is 1.00 e. The molecule has 26 heavy (non-hydrogen) atoms. The summed E-state index contributed by atoms with van der Waals surface area (Å²) in [6.07, 6.45) is 3.38. The number of methoxy groups -OCH3 is 1. The zero-order valence-electron chi connectivity index (χ0n) is 16.0. The van der Waals surface area contributed by atoms with Crippen molar-refractivity contribution in [3.8, 4) is 0 Å². The van der Waals surface area contributed by atoms with Crippen LogP contribution >= 0.6 is 0 Å². The average molecular weight is 383 g/mol. The standard InChI is InChI=1S/C17H31NO7.Na/c1-3-4-5-6-7-8-13-23-10-11-16(25-13)15(21)14(17(22-2)24-11)18-9-12(19)20;/h11,13-18,21H,3-10H2,1-2H3,(H,19,20);/q;+1/p-1/t11-,13?,14-,15-,16-,17+;/m1./s1. The molecule has 146 valence electrons. The molecule has 9 heteroatoms. The first kappa shape index (κ1) is 24.3. The molecule has 0 spiro atoms. The number of hydrogen-bond acceptors (Lipinski definition) is 8. The fourth-order valence-corrected chi connectivity index (χ4v) is 3.32. The third-order valence-corrected chi connectivity index (χ3v) is 4.69. The number of aliphatic hydroxyl groups excluding tert-OH is 1. The number of carboxylic acid groups (broad SMARTS) is 1. The van der Waals surface area contributed by atoms with Gasteiger partial charge in [-0.05, 0) is 12.8 Å². The number of rotatable bonds is 10. The minimum Gasteiger partial charge on any atom is -0.549 e. The summed E-state index contributed by atoms with van der Waals surface area (Å²) >= 11 is 0. The van der Waals surface area contributed by atoms with E-state index in [0.717, 1.165) is 19.3 Å². The molecule has 2 aliphatic rings. The molecule has 2 N–H and O–H groups in total. The van der Waals surface area contributed by atoms with Gasteiger partial charge in [0, 0.05) is 13.7 Å². The van der Waals surface area contributed by atoms with Gasteiger partial charge in [0.15, 0.2) is 12.6 Å². The van der Waals surface area contributed by atoms with Crippen LogP contribution in [-0.2, 0) is 23.7 Å². The van der Waals surface area contributed by atoms with Crippen LogP contribution < -0.4 is 40.0 Å².